The standard InChI is InChI=1S/C14H14N2O4/c15-7-10-1-3-12(4-2-10)20-9-13(17)16-6-5-11(8-16)14(18)19/h1-4,11H,5-6,8-9H2,(H,18,19). The normalized spacial score (nSPS) is 17.6. The van der Waals surface area contributed by atoms with Gasteiger partial charge in [0, 0.05) is 13.1 Å². The highest BCUT2D eigenvalue weighted by atomic mass is 16.5. The minimum Gasteiger partial charge on any atom is -0.484 e. The molecule has 0 aliphatic carbocycles. The van der Waals surface area contributed by atoms with Crippen molar-refractivity contribution in [2.24, 2.45) is 5.92 Å². The Labute approximate surface area is 116 Å². The molecule has 6 nitrogen and oxygen atoms in total. The van der Waals surface area contributed by atoms with E-state index >= 15 is 0 Å². The summed E-state index contributed by atoms with van der Waals surface area (Å²) < 4.78 is 5.33. The van der Waals surface area contributed by atoms with Crippen molar-refractivity contribution in [1.29, 1.82) is 5.26 Å². The molecular weight excluding hydrogens is 260 g/mol. The van der Waals surface area contributed by atoms with Gasteiger partial charge in [-0.3, -0.25) is 9.59 Å². The molecule has 1 fully saturated rings. The number of amides is 1. The van der Waals surface area contributed by atoms with Gasteiger partial charge in [-0.25, -0.2) is 0 Å². The highest BCUT2D eigenvalue weighted by Gasteiger charge is 2.30. The number of nitrogens with zero attached hydrogens (tertiary/aromatic N) is 2. The molecule has 0 radical (unpaired) electrons. The van der Waals surface area contributed by atoms with Crippen LogP contribution in [0.1, 0.15) is 12.0 Å². The topological polar surface area (TPSA) is 90.6 Å². The third kappa shape index (κ3) is 3.26. The molecule has 0 spiro atoms. The summed E-state index contributed by atoms with van der Waals surface area (Å²) in [5.74, 6) is -1.06. The van der Waals surface area contributed by atoms with E-state index in [1.807, 2.05) is 6.07 Å². The lowest BCUT2D eigenvalue weighted by Gasteiger charge is -2.16. The maximum Gasteiger partial charge on any atom is 0.308 e. The van der Waals surface area contributed by atoms with E-state index in [4.69, 9.17) is 15.1 Å². The van der Waals surface area contributed by atoms with Crippen molar-refractivity contribution in [3.05, 3.63) is 29.8 Å². The first-order chi connectivity index (χ1) is 9.60. The van der Waals surface area contributed by atoms with Gasteiger partial charge >= 0.3 is 5.97 Å². The molecule has 1 heterocycles. The van der Waals surface area contributed by atoms with Crippen molar-refractivity contribution in [2.75, 3.05) is 19.7 Å². The Kier molecular flexibility index (Phi) is 4.20. The summed E-state index contributed by atoms with van der Waals surface area (Å²) in [7, 11) is 0. The van der Waals surface area contributed by atoms with E-state index in [1.165, 1.54) is 4.90 Å². The van der Waals surface area contributed by atoms with Crippen LogP contribution in [0.5, 0.6) is 5.75 Å². The lowest BCUT2D eigenvalue weighted by molar-refractivity contribution is -0.141. The molecule has 1 N–H and O–H groups in total. The number of rotatable bonds is 4. The zero-order valence-electron chi connectivity index (χ0n) is 10.8. The fraction of sp³-hybridized carbons (Fsp3) is 0.357. The number of likely N-dealkylation sites (tertiary alicyclic amines) is 1. The van der Waals surface area contributed by atoms with Crippen molar-refractivity contribution < 1.29 is 19.4 Å². The number of ether oxygens (including phenoxy) is 1. The Morgan fingerprint density at radius 2 is 2.10 bits per heavy atom. The fourth-order valence-corrected chi connectivity index (χ4v) is 2.05. The van der Waals surface area contributed by atoms with Crippen molar-refractivity contribution in [2.45, 2.75) is 6.42 Å². The zero-order chi connectivity index (χ0) is 14.5. The van der Waals surface area contributed by atoms with E-state index in [0.717, 1.165) is 0 Å². The zero-order valence-corrected chi connectivity index (χ0v) is 10.8. The molecule has 104 valence electrons. The summed E-state index contributed by atoms with van der Waals surface area (Å²) in [6.45, 7) is 0.565. The lowest BCUT2D eigenvalue weighted by Crippen LogP contribution is -2.33. The van der Waals surface area contributed by atoms with Gasteiger partial charge in [0.15, 0.2) is 6.61 Å². The molecule has 0 saturated carbocycles. The van der Waals surface area contributed by atoms with Crippen LogP contribution >= 0.6 is 0 Å². The molecule has 2 rings (SSSR count). The molecule has 1 unspecified atom stereocenters. The molecule has 20 heavy (non-hydrogen) atoms. The molecule has 1 atom stereocenters. The highest BCUT2D eigenvalue weighted by molar-refractivity contribution is 5.80. The van der Waals surface area contributed by atoms with Crippen LogP contribution in [0.15, 0.2) is 24.3 Å². The van der Waals surface area contributed by atoms with E-state index in [2.05, 4.69) is 0 Å². The van der Waals surface area contributed by atoms with Gasteiger partial charge < -0.3 is 14.7 Å². The predicted octanol–water partition coefficient (Wildman–Crippen LogP) is 0.870. The smallest absolute Gasteiger partial charge is 0.308 e. The molecule has 0 aromatic heterocycles. The molecular formula is C14H14N2O4. The van der Waals surface area contributed by atoms with E-state index < -0.39 is 11.9 Å². The molecule has 6 heteroatoms. The first kappa shape index (κ1) is 13.9. The molecule has 1 aliphatic rings. The van der Waals surface area contributed by atoms with Gasteiger partial charge in [-0.1, -0.05) is 0 Å². The molecule has 1 aromatic carbocycles. The number of carboxylic acid groups (broad SMARTS) is 1. The van der Waals surface area contributed by atoms with Gasteiger partial charge in [-0.2, -0.15) is 5.26 Å². The molecule has 0 bridgehead atoms. The molecule has 1 aromatic rings. The van der Waals surface area contributed by atoms with Crippen molar-refractivity contribution in [3.8, 4) is 11.8 Å². The Balaban J connectivity index is 1.83. The first-order valence-corrected chi connectivity index (χ1v) is 6.23. The van der Waals surface area contributed by atoms with E-state index in [9.17, 15) is 9.59 Å². The van der Waals surface area contributed by atoms with Crippen LogP contribution in [0.4, 0.5) is 0 Å². The summed E-state index contributed by atoms with van der Waals surface area (Å²) in [4.78, 5) is 24.2. The fourth-order valence-electron chi connectivity index (χ4n) is 2.05. The van der Waals surface area contributed by atoms with Gasteiger partial charge in [0.1, 0.15) is 5.75 Å². The SMILES string of the molecule is N#Cc1ccc(OCC(=O)N2CCC(C(=O)O)C2)cc1. The van der Waals surface area contributed by atoms with Crippen LogP contribution in [-0.2, 0) is 9.59 Å². The monoisotopic (exact) mass is 274 g/mol. The Morgan fingerprint density at radius 3 is 2.65 bits per heavy atom. The minimum atomic E-state index is -0.867. The molecule has 1 amide bonds. The van der Waals surface area contributed by atoms with Crippen LogP contribution in [0.2, 0.25) is 0 Å². The number of carboxylic acids is 1. The van der Waals surface area contributed by atoms with Crippen LogP contribution in [0.25, 0.3) is 0 Å². The lowest BCUT2D eigenvalue weighted by atomic mass is 10.1. The number of nitriles is 1. The third-order valence-electron chi connectivity index (χ3n) is 3.24. The average Bonchev–Trinajstić information content (AvgIpc) is 2.95. The van der Waals surface area contributed by atoms with Gasteiger partial charge in [0.05, 0.1) is 17.6 Å². The highest BCUT2D eigenvalue weighted by Crippen LogP contribution is 2.17. The van der Waals surface area contributed by atoms with Gasteiger partial charge in [-0.15, -0.1) is 0 Å². The maximum atomic E-state index is 11.9. The van der Waals surface area contributed by atoms with E-state index in [1.54, 1.807) is 24.3 Å². The second-order valence-corrected chi connectivity index (χ2v) is 4.59. The molecule has 1 saturated heterocycles. The third-order valence-corrected chi connectivity index (χ3v) is 3.24. The summed E-state index contributed by atoms with van der Waals surface area (Å²) in [5, 5.41) is 17.5. The van der Waals surface area contributed by atoms with E-state index in [-0.39, 0.29) is 19.1 Å². The van der Waals surface area contributed by atoms with Gasteiger partial charge in [0.25, 0.3) is 5.91 Å². The van der Waals surface area contributed by atoms with Crippen LogP contribution in [0, 0.1) is 17.2 Å². The number of hydrogen-bond acceptors (Lipinski definition) is 4. The van der Waals surface area contributed by atoms with Crippen molar-refractivity contribution in [1.82, 2.24) is 4.90 Å². The van der Waals surface area contributed by atoms with Crippen LogP contribution in [-0.4, -0.2) is 41.6 Å². The summed E-state index contributed by atoms with van der Waals surface area (Å²) >= 11 is 0. The quantitative estimate of drug-likeness (QED) is 0.879. The van der Waals surface area contributed by atoms with Crippen LogP contribution in [0.3, 0.4) is 0 Å². The summed E-state index contributed by atoms with van der Waals surface area (Å²) in [6.07, 6.45) is 0.484. The number of carbonyl (C=O) groups excluding carboxylic acids is 1. The van der Waals surface area contributed by atoms with E-state index in [0.29, 0.717) is 24.3 Å². The Bertz CT molecular complexity index is 547. The first-order valence-electron chi connectivity index (χ1n) is 6.23. The maximum absolute atomic E-state index is 11.9. The molecule has 1 aliphatic heterocycles. The average molecular weight is 274 g/mol. The van der Waals surface area contributed by atoms with Crippen LogP contribution < -0.4 is 4.74 Å². The summed E-state index contributed by atoms with van der Waals surface area (Å²) in [6, 6.07) is 8.45. The summed E-state index contributed by atoms with van der Waals surface area (Å²) in [5.41, 5.74) is 0.521. The minimum absolute atomic E-state index is 0.127. The number of carbonyl (C=O) groups is 2. The largest absolute Gasteiger partial charge is 0.484 e. The second kappa shape index (κ2) is 6.06. The number of hydrogen-bond donors (Lipinski definition) is 1. The van der Waals surface area contributed by atoms with Gasteiger partial charge in [-0.05, 0) is 30.7 Å². The van der Waals surface area contributed by atoms with Crippen molar-refractivity contribution >= 4 is 11.9 Å². The Morgan fingerprint density at radius 1 is 1.40 bits per heavy atom. The Hall–Kier alpha value is -2.55. The second-order valence-electron chi connectivity index (χ2n) is 4.59. The predicted molar refractivity (Wildman–Crippen MR) is 69.0 cm³/mol. The van der Waals surface area contributed by atoms with Crippen molar-refractivity contribution in [3.63, 3.8) is 0 Å². The van der Waals surface area contributed by atoms with Gasteiger partial charge in [0.2, 0.25) is 0 Å². The number of aliphatic carboxylic acids is 1. The number of benzene rings is 1.